The van der Waals surface area contributed by atoms with Crippen molar-refractivity contribution < 1.29 is 4.74 Å². The Bertz CT molecular complexity index is 552. The van der Waals surface area contributed by atoms with E-state index in [4.69, 9.17) is 4.74 Å². The van der Waals surface area contributed by atoms with Crippen molar-refractivity contribution in [3.8, 4) is 0 Å². The zero-order chi connectivity index (χ0) is 13.8. The van der Waals surface area contributed by atoms with Crippen molar-refractivity contribution in [1.29, 1.82) is 0 Å². The lowest BCUT2D eigenvalue weighted by Gasteiger charge is -2.36. The Kier molecular flexibility index (Phi) is 4.03. The van der Waals surface area contributed by atoms with Gasteiger partial charge in [0.2, 0.25) is 0 Å². The van der Waals surface area contributed by atoms with Gasteiger partial charge in [-0.3, -0.25) is 0 Å². The van der Waals surface area contributed by atoms with Crippen LogP contribution < -0.4 is 4.90 Å². The summed E-state index contributed by atoms with van der Waals surface area (Å²) in [5.74, 6) is 0.582. The van der Waals surface area contributed by atoms with Gasteiger partial charge >= 0.3 is 0 Å². The molecule has 0 amide bonds. The maximum Gasteiger partial charge on any atom is 0.0510 e. The third-order valence-corrected chi connectivity index (χ3v) is 3.94. The number of fused-ring (bicyclic) bond motifs is 1. The number of nitrogens with zero attached hydrogens (tertiary/aromatic N) is 1. The van der Waals surface area contributed by atoms with Gasteiger partial charge in [0.1, 0.15) is 0 Å². The summed E-state index contributed by atoms with van der Waals surface area (Å²) in [4.78, 5) is 2.48. The molecule has 0 bridgehead atoms. The molecule has 104 valence electrons. The van der Waals surface area contributed by atoms with E-state index in [2.05, 4.69) is 59.5 Å². The molecule has 0 saturated heterocycles. The van der Waals surface area contributed by atoms with Gasteiger partial charge in [0, 0.05) is 31.8 Å². The molecule has 2 nitrogen and oxygen atoms in total. The first-order valence-corrected chi connectivity index (χ1v) is 7.22. The van der Waals surface area contributed by atoms with Crippen molar-refractivity contribution in [2.45, 2.75) is 13.0 Å². The molecule has 3 rings (SSSR count). The lowest BCUT2D eigenvalue weighted by atomic mass is 9.92. The third-order valence-electron chi connectivity index (χ3n) is 3.94. The summed E-state index contributed by atoms with van der Waals surface area (Å²) in [6, 6.07) is 19.4. The fraction of sp³-hybridized carbons (Fsp3) is 0.333. The minimum atomic E-state index is 0.582. The van der Waals surface area contributed by atoms with Gasteiger partial charge in [0.05, 0.1) is 6.61 Å². The van der Waals surface area contributed by atoms with E-state index in [1.807, 2.05) is 0 Å². The Hall–Kier alpha value is -1.80. The van der Waals surface area contributed by atoms with Gasteiger partial charge in [-0.05, 0) is 23.6 Å². The lowest BCUT2D eigenvalue weighted by Crippen LogP contribution is -2.36. The zero-order valence-corrected chi connectivity index (χ0v) is 12.0. The second-order valence-corrected chi connectivity index (χ2v) is 5.52. The van der Waals surface area contributed by atoms with Gasteiger partial charge in [-0.1, -0.05) is 48.5 Å². The number of hydrogen-bond donors (Lipinski definition) is 0. The lowest BCUT2D eigenvalue weighted by molar-refractivity contribution is 0.152. The molecule has 1 unspecified atom stereocenters. The molecule has 0 aromatic heterocycles. The van der Waals surface area contributed by atoms with Gasteiger partial charge in [0.15, 0.2) is 0 Å². The van der Waals surface area contributed by atoms with E-state index in [-0.39, 0.29) is 0 Å². The van der Waals surface area contributed by atoms with Gasteiger partial charge in [-0.2, -0.15) is 0 Å². The predicted molar refractivity (Wildman–Crippen MR) is 83.0 cm³/mol. The minimum absolute atomic E-state index is 0.582. The molecule has 1 atom stereocenters. The van der Waals surface area contributed by atoms with E-state index in [0.717, 1.165) is 26.1 Å². The Labute approximate surface area is 121 Å². The SMILES string of the molecule is COCC1Cc2ccccc2N(Cc2ccccc2)C1. The van der Waals surface area contributed by atoms with Crippen molar-refractivity contribution >= 4 is 5.69 Å². The van der Waals surface area contributed by atoms with Gasteiger partial charge < -0.3 is 9.64 Å². The summed E-state index contributed by atoms with van der Waals surface area (Å²) in [5.41, 5.74) is 4.18. The Morgan fingerprint density at radius 3 is 2.60 bits per heavy atom. The molecule has 0 saturated carbocycles. The Morgan fingerprint density at radius 2 is 1.80 bits per heavy atom. The quantitative estimate of drug-likeness (QED) is 0.840. The van der Waals surface area contributed by atoms with Crippen LogP contribution in [0.5, 0.6) is 0 Å². The fourth-order valence-electron chi connectivity index (χ4n) is 3.08. The highest BCUT2D eigenvalue weighted by molar-refractivity contribution is 5.56. The molecule has 20 heavy (non-hydrogen) atoms. The number of benzene rings is 2. The van der Waals surface area contributed by atoms with Crippen LogP contribution >= 0.6 is 0 Å². The van der Waals surface area contributed by atoms with Crippen LogP contribution in [0, 0.1) is 5.92 Å². The van der Waals surface area contributed by atoms with Crippen LogP contribution in [0.1, 0.15) is 11.1 Å². The van der Waals surface area contributed by atoms with Crippen molar-refractivity contribution in [3.63, 3.8) is 0 Å². The van der Waals surface area contributed by atoms with Crippen LogP contribution in [0.3, 0.4) is 0 Å². The molecule has 1 aliphatic heterocycles. The number of methoxy groups -OCH3 is 1. The van der Waals surface area contributed by atoms with Crippen molar-refractivity contribution in [3.05, 3.63) is 65.7 Å². The van der Waals surface area contributed by atoms with Gasteiger partial charge in [-0.15, -0.1) is 0 Å². The molecular weight excluding hydrogens is 246 g/mol. The van der Waals surface area contributed by atoms with Crippen LogP contribution in [0.4, 0.5) is 5.69 Å². The zero-order valence-electron chi connectivity index (χ0n) is 12.0. The van der Waals surface area contributed by atoms with Crippen LogP contribution in [0.25, 0.3) is 0 Å². The third kappa shape index (κ3) is 2.86. The van der Waals surface area contributed by atoms with Crippen LogP contribution in [-0.2, 0) is 17.7 Å². The van der Waals surface area contributed by atoms with E-state index < -0.39 is 0 Å². The summed E-state index contributed by atoms with van der Waals surface area (Å²) in [5, 5.41) is 0. The molecule has 2 heteroatoms. The first-order chi connectivity index (χ1) is 9.86. The maximum atomic E-state index is 5.37. The maximum absolute atomic E-state index is 5.37. The topological polar surface area (TPSA) is 12.5 Å². The van der Waals surface area contributed by atoms with Crippen molar-refractivity contribution in [2.24, 2.45) is 5.92 Å². The summed E-state index contributed by atoms with van der Waals surface area (Å²) in [6.45, 7) is 2.87. The number of anilines is 1. The second kappa shape index (κ2) is 6.10. The van der Waals surface area contributed by atoms with Crippen molar-refractivity contribution in [2.75, 3.05) is 25.2 Å². The van der Waals surface area contributed by atoms with E-state index in [0.29, 0.717) is 5.92 Å². The predicted octanol–water partition coefficient (Wildman–Crippen LogP) is 3.51. The van der Waals surface area contributed by atoms with E-state index in [1.165, 1.54) is 16.8 Å². The molecular formula is C18H21NO. The summed E-state index contributed by atoms with van der Waals surface area (Å²) < 4.78 is 5.37. The molecule has 1 aliphatic rings. The average molecular weight is 267 g/mol. The summed E-state index contributed by atoms with van der Waals surface area (Å²) in [7, 11) is 1.79. The molecule has 0 aliphatic carbocycles. The molecule has 2 aromatic rings. The van der Waals surface area contributed by atoms with Gasteiger partial charge in [0.25, 0.3) is 0 Å². The summed E-state index contributed by atoms with van der Waals surface area (Å²) in [6.07, 6.45) is 1.12. The average Bonchev–Trinajstić information content (AvgIpc) is 2.49. The second-order valence-electron chi connectivity index (χ2n) is 5.52. The summed E-state index contributed by atoms with van der Waals surface area (Å²) >= 11 is 0. The van der Waals surface area contributed by atoms with Crippen LogP contribution in [0.2, 0.25) is 0 Å². The van der Waals surface area contributed by atoms with E-state index in [9.17, 15) is 0 Å². The Balaban J connectivity index is 1.85. The molecule has 0 spiro atoms. The smallest absolute Gasteiger partial charge is 0.0510 e. The van der Waals surface area contributed by atoms with Crippen LogP contribution in [-0.4, -0.2) is 20.3 Å². The van der Waals surface area contributed by atoms with Crippen molar-refractivity contribution in [1.82, 2.24) is 0 Å². The highest BCUT2D eigenvalue weighted by atomic mass is 16.5. The van der Waals surface area contributed by atoms with Crippen LogP contribution in [0.15, 0.2) is 54.6 Å². The first kappa shape index (κ1) is 13.2. The standard InChI is InChI=1S/C18H21NO/c1-20-14-16-11-17-9-5-6-10-18(17)19(13-16)12-15-7-3-2-4-8-15/h2-10,16H,11-14H2,1H3. The molecule has 0 fully saturated rings. The molecule has 1 heterocycles. The fourth-order valence-corrected chi connectivity index (χ4v) is 3.08. The monoisotopic (exact) mass is 267 g/mol. The van der Waals surface area contributed by atoms with Gasteiger partial charge in [-0.25, -0.2) is 0 Å². The number of hydrogen-bond acceptors (Lipinski definition) is 2. The number of ether oxygens (including phenoxy) is 1. The molecule has 2 aromatic carbocycles. The highest BCUT2D eigenvalue weighted by Gasteiger charge is 2.23. The molecule has 0 N–H and O–H groups in total. The largest absolute Gasteiger partial charge is 0.384 e. The number of rotatable bonds is 4. The van der Waals surface area contributed by atoms with E-state index >= 15 is 0 Å². The van der Waals surface area contributed by atoms with E-state index in [1.54, 1.807) is 7.11 Å². The normalized spacial score (nSPS) is 17.9. The minimum Gasteiger partial charge on any atom is -0.384 e. The first-order valence-electron chi connectivity index (χ1n) is 7.22. The Morgan fingerprint density at radius 1 is 1.05 bits per heavy atom. The molecule has 0 radical (unpaired) electrons. The highest BCUT2D eigenvalue weighted by Crippen LogP contribution is 2.30. The number of para-hydroxylation sites is 1.